The summed E-state index contributed by atoms with van der Waals surface area (Å²) in [4.78, 5) is 35.4. The Morgan fingerprint density at radius 1 is 1.05 bits per heavy atom. The molecule has 0 heterocycles. The number of hydrogen-bond acceptors (Lipinski definition) is 3. The quantitative estimate of drug-likeness (QED) is 0.729. The van der Waals surface area contributed by atoms with Crippen molar-refractivity contribution in [2.24, 2.45) is 11.8 Å². The van der Waals surface area contributed by atoms with Gasteiger partial charge >= 0.3 is 5.97 Å². The Labute approximate surface area is 125 Å². The van der Waals surface area contributed by atoms with Crippen LogP contribution in [0.2, 0.25) is 0 Å². The number of carboxylic acids is 1. The fourth-order valence-corrected chi connectivity index (χ4v) is 2.60. The van der Waals surface area contributed by atoms with Crippen molar-refractivity contribution in [3.63, 3.8) is 0 Å². The molecule has 3 atom stereocenters. The second-order valence-electron chi connectivity index (χ2n) is 6.81. The molecule has 1 saturated carbocycles. The number of aliphatic carboxylic acids is 1. The molecule has 0 aliphatic heterocycles. The second kappa shape index (κ2) is 6.91. The number of amides is 2. The average Bonchev–Trinajstić information content (AvgIpc) is 2.36. The smallest absolute Gasteiger partial charge is 0.325 e. The average molecular weight is 298 g/mol. The van der Waals surface area contributed by atoms with Crippen LogP contribution in [0.5, 0.6) is 0 Å². The molecule has 2 amide bonds. The van der Waals surface area contributed by atoms with E-state index in [9.17, 15) is 14.4 Å². The van der Waals surface area contributed by atoms with Gasteiger partial charge in [0, 0.05) is 17.4 Å². The summed E-state index contributed by atoms with van der Waals surface area (Å²) in [5.41, 5.74) is -0.343. The Kier molecular flexibility index (Phi) is 5.75. The lowest BCUT2D eigenvalue weighted by Crippen LogP contribution is -2.50. The molecule has 0 aromatic carbocycles. The first-order valence-corrected chi connectivity index (χ1v) is 7.47. The molecule has 1 rings (SSSR count). The fourth-order valence-electron chi connectivity index (χ4n) is 2.60. The zero-order valence-corrected chi connectivity index (χ0v) is 13.2. The van der Waals surface area contributed by atoms with Crippen molar-refractivity contribution in [3.05, 3.63) is 0 Å². The van der Waals surface area contributed by atoms with Gasteiger partial charge in [0.25, 0.3) is 0 Å². The number of nitrogens with one attached hydrogen (secondary N) is 2. The normalized spacial score (nSPS) is 24.0. The highest BCUT2D eigenvalue weighted by molar-refractivity contribution is 5.90. The fraction of sp³-hybridized carbons (Fsp3) is 0.800. The molecular formula is C15H26N2O4. The summed E-state index contributed by atoms with van der Waals surface area (Å²) in [6, 6.07) is -0.939. The Morgan fingerprint density at radius 3 is 1.95 bits per heavy atom. The van der Waals surface area contributed by atoms with Gasteiger partial charge in [0.1, 0.15) is 6.04 Å². The first-order valence-electron chi connectivity index (χ1n) is 7.47. The van der Waals surface area contributed by atoms with Crippen molar-refractivity contribution >= 4 is 17.8 Å². The van der Waals surface area contributed by atoms with Crippen LogP contribution >= 0.6 is 0 Å². The van der Waals surface area contributed by atoms with E-state index < -0.39 is 17.9 Å². The van der Waals surface area contributed by atoms with Crippen molar-refractivity contribution in [2.45, 2.75) is 65.0 Å². The summed E-state index contributed by atoms with van der Waals surface area (Å²) < 4.78 is 0. The second-order valence-corrected chi connectivity index (χ2v) is 6.81. The van der Waals surface area contributed by atoms with Crippen LogP contribution in [0.25, 0.3) is 0 Å². The monoisotopic (exact) mass is 298 g/mol. The van der Waals surface area contributed by atoms with Gasteiger partial charge in [-0.1, -0.05) is 12.8 Å². The van der Waals surface area contributed by atoms with Gasteiger partial charge in [-0.15, -0.1) is 0 Å². The predicted octanol–water partition coefficient (Wildman–Crippen LogP) is 1.30. The van der Waals surface area contributed by atoms with E-state index in [0.717, 1.165) is 12.8 Å². The molecule has 0 aromatic heterocycles. The zero-order valence-electron chi connectivity index (χ0n) is 13.2. The molecule has 1 aliphatic rings. The first kappa shape index (κ1) is 17.5. The van der Waals surface area contributed by atoms with Gasteiger partial charge in [0.05, 0.1) is 0 Å². The Balaban J connectivity index is 2.75. The minimum absolute atomic E-state index is 0.120. The van der Waals surface area contributed by atoms with Crippen molar-refractivity contribution in [1.29, 1.82) is 0 Å². The number of carboxylic acid groups (broad SMARTS) is 1. The molecule has 0 bridgehead atoms. The van der Waals surface area contributed by atoms with Crippen LogP contribution in [0.4, 0.5) is 0 Å². The molecule has 6 heteroatoms. The third-order valence-electron chi connectivity index (χ3n) is 3.67. The maximum absolute atomic E-state index is 12.3. The topological polar surface area (TPSA) is 95.5 Å². The third kappa shape index (κ3) is 5.36. The highest BCUT2D eigenvalue weighted by Crippen LogP contribution is 2.31. The molecule has 3 N–H and O–H groups in total. The molecule has 120 valence electrons. The van der Waals surface area contributed by atoms with E-state index >= 15 is 0 Å². The molecule has 3 unspecified atom stereocenters. The highest BCUT2D eigenvalue weighted by atomic mass is 16.4. The van der Waals surface area contributed by atoms with Crippen LogP contribution in [0, 0.1) is 11.8 Å². The summed E-state index contributed by atoms with van der Waals surface area (Å²) in [6.07, 6.45) is 3.10. The Bertz CT molecular complexity index is 414. The molecule has 1 fully saturated rings. The van der Waals surface area contributed by atoms with Crippen LogP contribution in [0.3, 0.4) is 0 Å². The van der Waals surface area contributed by atoms with E-state index in [1.54, 1.807) is 0 Å². The number of carbonyl (C=O) groups is 3. The van der Waals surface area contributed by atoms with E-state index in [1.807, 2.05) is 20.8 Å². The lowest BCUT2D eigenvalue weighted by atomic mass is 9.77. The molecule has 1 aliphatic carbocycles. The maximum atomic E-state index is 12.3. The lowest BCUT2D eigenvalue weighted by Gasteiger charge is -2.32. The van der Waals surface area contributed by atoms with E-state index in [2.05, 4.69) is 10.6 Å². The van der Waals surface area contributed by atoms with Crippen LogP contribution in [-0.2, 0) is 14.4 Å². The van der Waals surface area contributed by atoms with Gasteiger partial charge in [-0.2, -0.15) is 0 Å². The van der Waals surface area contributed by atoms with Gasteiger partial charge in [-0.3, -0.25) is 14.4 Å². The van der Waals surface area contributed by atoms with E-state index in [-0.39, 0.29) is 23.3 Å². The Morgan fingerprint density at radius 2 is 1.52 bits per heavy atom. The molecule has 0 aromatic rings. The number of carbonyl (C=O) groups excluding carboxylic acids is 2. The molecule has 0 saturated heterocycles. The molecular weight excluding hydrogens is 272 g/mol. The highest BCUT2D eigenvalue weighted by Gasteiger charge is 2.37. The molecule has 21 heavy (non-hydrogen) atoms. The number of hydrogen-bond donors (Lipinski definition) is 3. The van der Waals surface area contributed by atoms with Crippen molar-refractivity contribution in [3.8, 4) is 0 Å². The summed E-state index contributed by atoms with van der Waals surface area (Å²) in [5.74, 6) is -2.35. The standard InChI is InChI=1S/C15H26N2O4/c1-9(14(20)21)16-12(18)10-7-5-6-8-11(10)13(19)17-15(2,3)4/h9-11H,5-8H2,1-4H3,(H,16,18)(H,17,19)(H,20,21). The molecule has 0 spiro atoms. The van der Waals surface area contributed by atoms with Gasteiger partial charge in [0.2, 0.25) is 11.8 Å². The van der Waals surface area contributed by atoms with Crippen LogP contribution < -0.4 is 10.6 Å². The van der Waals surface area contributed by atoms with E-state index in [4.69, 9.17) is 5.11 Å². The maximum Gasteiger partial charge on any atom is 0.325 e. The van der Waals surface area contributed by atoms with Gasteiger partial charge in [-0.25, -0.2) is 0 Å². The van der Waals surface area contributed by atoms with E-state index in [0.29, 0.717) is 12.8 Å². The third-order valence-corrected chi connectivity index (χ3v) is 3.67. The molecule has 0 radical (unpaired) electrons. The summed E-state index contributed by atoms with van der Waals surface area (Å²) in [5, 5.41) is 14.3. The predicted molar refractivity (Wildman–Crippen MR) is 78.6 cm³/mol. The van der Waals surface area contributed by atoms with Crippen molar-refractivity contribution in [2.75, 3.05) is 0 Å². The van der Waals surface area contributed by atoms with Crippen molar-refractivity contribution < 1.29 is 19.5 Å². The van der Waals surface area contributed by atoms with Crippen molar-refractivity contribution in [1.82, 2.24) is 10.6 Å². The summed E-state index contributed by atoms with van der Waals surface area (Å²) in [6.45, 7) is 7.12. The minimum atomic E-state index is -1.07. The largest absolute Gasteiger partial charge is 0.480 e. The van der Waals surface area contributed by atoms with Gasteiger partial charge < -0.3 is 15.7 Å². The first-order chi connectivity index (χ1) is 9.61. The van der Waals surface area contributed by atoms with Crippen LogP contribution in [0.1, 0.15) is 53.4 Å². The Hall–Kier alpha value is -1.59. The van der Waals surface area contributed by atoms with E-state index in [1.165, 1.54) is 6.92 Å². The van der Waals surface area contributed by atoms with Gasteiger partial charge in [-0.05, 0) is 40.5 Å². The SMILES string of the molecule is CC(NC(=O)C1CCCCC1C(=O)NC(C)(C)C)C(=O)O. The summed E-state index contributed by atoms with van der Waals surface area (Å²) >= 11 is 0. The van der Waals surface area contributed by atoms with Gasteiger partial charge in [0.15, 0.2) is 0 Å². The summed E-state index contributed by atoms with van der Waals surface area (Å²) in [7, 11) is 0. The number of rotatable bonds is 4. The molecule has 6 nitrogen and oxygen atoms in total. The minimum Gasteiger partial charge on any atom is -0.480 e. The van der Waals surface area contributed by atoms with Crippen LogP contribution in [0.15, 0.2) is 0 Å². The lowest BCUT2D eigenvalue weighted by molar-refractivity contribution is -0.143. The zero-order chi connectivity index (χ0) is 16.2. The van der Waals surface area contributed by atoms with Crippen LogP contribution in [-0.4, -0.2) is 34.5 Å².